The van der Waals surface area contributed by atoms with Crippen LogP contribution >= 0.6 is 23.2 Å². The van der Waals surface area contributed by atoms with Crippen molar-refractivity contribution in [3.63, 3.8) is 0 Å². The van der Waals surface area contributed by atoms with Crippen LogP contribution in [0.2, 0.25) is 10.0 Å². The minimum atomic E-state index is 0.628. The van der Waals surface area contributed by atoms with Crippen LogP contribution in [0.1, 0.15) is 5.82 Å². The van der Waals surface area contributed by atoms with E-state index in [2.05, 4.69) is 4.98 Å². The predicted octanol–water partition coefficient (Wildman–Crippen LogP) is 4.22. The van der Waals surface area contributed by atoms with Gasteiger partial charge in [0.25, 0.3) is 0 Å². The van der Waals surface area contributed by atoms with Gasteiger partial charge in [0, 0.05) is 10.7 Å². The second-order valence-corrected chi connectivity index (χ2v) is 5.18. The molecule has 3 aromatic rings. The van der Waals surface area contributed by atoms with Crippen molar-refractivity contribution in [3.8, 4) is 5.69 Å². The van der Waals surface area contributed by atoms with Gasteiger partial charge in [0.1, 0.15) is 5.82 Å². The minimum Gasteiger partial charge on any atom is -0.399 e. The fourth-order valence-corrected chi connectivity index (χ4v) is 2.55. The number of nitrogen functional groups attached to an aromatic ring is 1. The van der Waals surface area contributed by atoms with E-state index < -0.39 is 0 Å². The molecule has 0 aliphatic heterocycles. The third-order valence-corrected chi connectivity index (χ3v) is 3.55. The predicted molar refractivity (Wildman–Crippen MR) is 80.2 cm³/mol. The molecule has 3 nitrogen and oxygen atoms in total. The summed E-state index contributed by atoms with van der Waals surface area (Å²) in [7, 11) is 0. The summed E-state index contributed by atoms with van der Waals surface area (Å²) in [6.45, 7) is 1.92. The summed E-state index contributed by atoms with van der Waals surface area (Å²) in [6, 6.07) is 11.0. The van der Waals surface area contributed by atoms with Crippen LogP contribution in [0, 0.1) is 6.92 Å². The average molecular weight is 292 g/mol. The second-order valence-electron chi connectivity index (χ2n) is 4.34. The van der Waals surface area contributed by atoms with E-state index in [4.69, 9.17) is 28.9 Å². The smallest absolute Gasteiger partial charge is 0.111 e. The van der Waals surface area contributed by atoms with Crippen LogP contribution in [-0.2, 0) is 0 Å². The Labute approximate surface area is 120 Å². The molecule has 0 bridgehead atoms. The molecule has 0 atom stereocenters. The van der Waals surface area contributed by atoms with Crippen LogP contribution in [-0.4, -0.2) is 9.55 Å². The quantitative estimate of drug-likeness (QED) is 0.682. The zero-order chi connectivity index (χ0) is 13.6. The zero-order valence-electron chi connectivity index (χ0n) is 10.2. The summed E-state index contributed by atoms with van der Waals surface area (Å²) in [5.41, 5.74) is 9.08. The molecule has 19 heavy (non-hydrogen) atoms. The lowest BCUT2D eigenvalue weighted by molar-refractivity contribution is 1.00. The van der Waals surface area contributed by atoms with E-state index in [0.717, 1.165) is 22.5 Å². The van der Waals surface area contributed by atoms with Gasteiger partial charge in [0.15, 0.2) is 0 Å². The SMILES string of the molecule is Cc1nc2cc(N)ccc2n1-c1cc(Cl)ccc1Cl. The Morgan fingerprint density at radius 1 is 1.11 bits per heavy atom. The van der Waals surface area contributed by atoms with Gasteiger partial charge in [-0.3, -0.25) is 4.57 Å². The van der Waals surface area contributed by atoms with Crippen LogP contribution in [0.4, 0.5) is 5.69 Å². The maximum absolute atomic E-state index is 6.26. The number of benzene rings is 2. The number of hydrogen-bond acceptors (Lipinski definition) is 2. The number of aryl methyl sites for hydroxylation is 1. The maximum Gasteiger partial charge on any atom is 0.111 e. The molecule has 0 spiro atoms. The van der Waals surface area contributed by atoms with Crippen LogP contribution in [0.3, 0.4) is 0 Å². The van der Waals surface area contributed by atoms with Crippen LogP contribution in [0.5, 0.6) is 0 Å². The Morgan fingerprint density at radius 2 is 1.89 bits per heavy atom. The topological polar surface area (TPSA) is 43.8 Å². The summed E-state index contributed by atoms with van der Waals surface area (Å²) >= 11 is 12.3. The fraction of sp³-hybridized carbons (Fsp3) is 0.0714. The van der Waals surface area contributed by atoms with Crippen molar-refractivity contribution in [2.45, 2.75) is 6.92 Å². The van der Waals surface area contributed by atoms with Gasteiger partial charge in [-0.1, -0.05) is 23.2 Å². The molecule has 0 saturated carbocycles. The first-order valence-corrected chi connectivity index (χ1v) is 6.52. The lowest BCUT2D eigenvalue weighted by atomic mass is 10.2. The zero-order valence-corrected chi connectivity index (χ0v) is 11.7. The van der Waals surface area contributed by atoms with Crippen molar-refractivity contribution < 1.29 is 0 Å². The van der Waals surface area contributed by atoms with E-state index in [1.54, 1.807) is 12.1 Å². The number of aromatic nitrogens is 2. The number of imidazole rings is 1. The number of anilines is 1. The highest BCUT2D eigenvalue weighted by Gasteiger charge is 2.12. The third kappa shape index (κ3) is 2.05. The van der Waals surface area contributed by atoms with Gasteiger partial charge in [-0.05, 0) is 43.3 Å². The Balaban J connectivity index is 2.36. The van der Waals surface area contributed by atoms with E-state index >= 15 is 0 Å². The Hall–Kier alpha value is -1.71. The molecule has 0 saturated heterocycles. The number of nitrogens with two attached hydrogens (primary N) is 1. The number of fused-ring (bicyclic) bond motifs is 1. The fourth-order valence-electron chi connectivity index (χ4n) is 2.18. The number of halogens is 2. The van der Waals surface area contributed by atoms with E-state index in [9.17, 15) is 0 Å². The third-order valence-electron chi connectivity index (χ3n) is 3.00. The largest absolute Gasteiger partial charge is 0.399 e. The monoisotopic (exact) mass is 291 g/mol. The van der Waals surface area contributed by atoms with Gasteiger partial charge in [-0.25, -0.2) is 4.98 Å². The summed E-state index contributed by atoms with van der Waals surface area (Å²) < 4.78 is 1.98. The normalized spacial score (nSPS) is 11.1. The van der Waals surface area contributed by atoms with Crippen molar-refractivity contribution >= 4 is 39.9 Å². The average Bonchev–Trinajstić information content (AvgIpc) is 2.67. The minimum absolute atomic E-state index is 0.628. The number of nitrogens with zero attached hydrogens (tertiary/aromatic N) is 2. The second kappa shape index (κ2) is 4.44. The maximum atomic E-state index is 6.26. The first kappa shape index (κ1) is 12.3. The Bertz CT molecular complexity index is 778. The van der Waals surface area contributed by atoms with Gasteiger partial charge in [0.05, 0.1) is 21.7 Å². The van der Waals surface area contributed by atoms with Gasteiger partial charge < -0.3 is 5.73 Å². The molecule has 96 valence electrons. The molecular formula is C14H11Cl2N3. The molecule has 0 amide bonds. The summed E-state index contributed by atoms with van der Waals surface area (Å²) in [4.78, 5) is 4.50. The molecule has 0 fully saturated rings. The van der Waals surface area contributed by atoms with E-state index in [0.29, 0.717) is 15.7 Å². The Kier molecular flexibility index (Phi) is 2.88. The molecular weight excluding hydrogens is 281 g/mol. The molecule has 1 heterocycles. The molecule has 0 unspecified atom stereocenters. The Morgan fingerprint density at radius 3 is 2.68 bits per heavy atom. The van der Waals surface area contributed by atoms with Crippen molar-refractivity contribution in [1.82, 2.24) is 9.55 Å². The summed E-state index contributed by atoms with van der Waals surface area (Å²) in [5.74, 6) is 0.838. The van der Waals surface area contributed by atoms with Crippen molar-refractivity contribution in [3.05, 3.63) is 52.3 Å². The lowest BCUT2D eigenvalue weighted by Crippen LogP contribution is -1.98. The molecule has 2 aromatic carbocycles. The van der Waals surface area contributed by atoms with Gasteiger partial charge in [0.2, 0.25) is 0 Å². The van der Waals surface area contributed by atoms with Crippen LogP contribution < -0.4 is 5.73 Å². The first-order valence-electron chi connectivity index (χ1n) is 5.76. The van der Waals surface area contributed by atoms with E-state index in [1.165, 1.54) is 0 Å². The van der Waals surface area contributed by atoms with Crippen LogP contribution in [0.15, 0.2) is 36.4 Å². The van der Waals surface area contributed by atoms with Gasteiger partial charge in [-0.15, -0.1) is 0 Å². The lowest BCUT2D eigenvalue weighted by Gasteiger charge is -2.09. The van der Waals surface area contributed by atoms with Gasteiger partial charge in [-0.2, -0.15) is 0 Å². The van der Waals surface area contributed by atoms with Crippen LogP contribution in [0.25, 0.3) is 16.7 Å². The molecule has 0 aliphatic carbocycles. The highest BCUT2D eigenvalue weighted by Crippen LogP contribution is 2.29. The molecule has 3 rings (SSSR count). The summed E-state index contributed by atoms with van der Waals surface area (Å²) in [6.07, 6.45) is 0. The summed E-state index contributed by atoms with van der Waals surface area (Å²) in [5, 5.41) is 1.26. The number of rotatable bonds is 1. The molecule has 0 radical (unpaired) electrons. The highest BCUT2D eigenvalue weighted by molar-refractivity contribution is 6.34. The van der Waals surface area contributed by atoms with E-state index in [1.807, 2.05) is 35.8 Å². The molecule has 0 aliphatic rings. The molecule has 5 heteroatoms. The first-order chi connectivity index (χ1) is 9.06. The highest BCUT2D eigenvalue weighted by atomic mass is 35.5. The van der Waals surface area contributed by atoms with Crippen molar-refractivity contribution in [2.75, 3.05) is 5.73 Å². The van der Waals surface area contributed by atoms with Gasteiger partial charge >= 0.3 is 0 Å². The number of hydrogen-bond donors (Lipinski definition) is 1. The van der Waals surface area contributed by atoms with Crippen molar-refractivity contribution in [1.29, 1.82) is 0 Å². The molecule has 1 aromatic heterocycles. The standard InChI is InChI=1S/C14H11Cl2N3/c1-8-18-12-7-10(17)3-5-13(12)19(8)14-6-9(15)2-4-11(14)16/h2-7H,17H2,1H3. The molecule has 2 N–H and O–H groups in total. The van der Waals surface area contributed by atoms with Crippen molar-refractivity contribution in [2.24, 2.45) is 0 Å². The van der Waals surface area contributed by atoms with E-state index in [-0.39, 0.29) is 0 Å².